The van der Waals surface area contributed by atoms with Crippen LogP contribution in [0.4, 0.5) is 10.1 Å². The van der Waals surface area contributed by atoms with Crippen LogP contribution in [0.1, 0.15) is 17.0 Å². The molecule has 0 atom stereocenters. The number of aromatic nitrogens is 1. The van der Waals surface area contributed by atoms with Gasteiger partial charge in [0.15, 0.2) is 5.17 Å². The van der Waals surface area contributed by atoms with E-state index in [9.17, 15) is 9.18 Å². The molecule has 4 nitrogen and oxygen atoms in total. The summed E-state index contributed by atoms with van der Waals surface area (Å²) in [5.41, 5.74) is 6.65. The third-order valence-corrected chi connectivity index (χ3v) is 6.62. The van der Waals surface area contributed by atoms with Crippen LogP contribution in [-0.4, -0.2) is 15.6 Å². The van der Waals surface area contributed by atoms with Gasteiger partial charge in [0.1, 0.15) is 11.5 Å². The normalized spacial score (nSPS) is 15.8. The number of carbonyl (C=O) groups is 1. The number of aryl methyl sites for hydroxylation is 1. The van der Waals surface area contributed by atoms with Gasteiger partial charge in [-0.15, -0.1) is 0 Å². The maximum atomic E-state index is 13.9. The number of hydrogen-bond acceptors (Lipinski definition) is 3. The van der Waals surface area contributed by atoms with E-state index in [2.05, 4.69) is 57.3 Å². The first kappa shape index (κ1) is 21.9. The van der Waals surface area contributed by atoms with Crippen molar-refractivity contribution in [1.29, 1.82) is 0 Å². The van der Waals surface area contributed by atoms with Gasteiger partial charge < -0.3 is 9.88 Å². The molecule has 4 aromatic rings. The molecule has 5 rings (SSSR count). The molecular formula is C28H22FN3OS. The molecule has 34 heavy (non-hydrogen) atoms. The summed E-state index contributed by atoms with van der Waals surface area (Å²) in [4.78, 5) is 17.3. The summed E-state index contributed by atoms with van der Waals surface area (Å²) < 4.78 is 16.1. The van der Waals surface area contributed by atoms with Crippen molar-refractivity contribution < 1.29 is 9.18 Å². The molecule has 0 spiro atoms. The Morgan fingerprint density at radius 2 is 1.59 bits per heavy atom. The minimum Gasteiger partial charge on any atom is -0.318 e. The van der Waals surface area contributed by atoms with E-state index < -0.39 is 5.82 Å². The zero-order valence-corrected chi connectivity index (χ0v) is 19.6. The summed E-state index contributed by atoms with van der Waals surface area (Å²) in [5.74, 6) is -0.666. The Kier molecular flexibility index (Phi) is 5.90. The molecular weight excluding hydrogens is 445 g/mol. The van der Waals surface area contributed by atoms with Crippen LogP contribution in [0.5, 0.6) is 0 Å². The number of nitrogens with zero attached hydrogens (tertiary/aromatic N) is 2. The molecule has 0 aliphatic carbocycles. The molecule has 0 saturated carbocycles. The molecule has 3 aromatic carbocycles. The lowest BCUT2D eigenvalue weighted by Gasteiger charge is -2.11. The van der Waals surface area contributed by atoms with Gasteiger partial charge in [-0.25, -0.2) is 9.38 Å². The van der Waals surface area contributed by atoms with Crippen molar-refractivity contribution in [3.63, 3.8) is 0 Å². The molecule has 1 aliphatic rings. The maximum Gasteiger partial charge on any atom is 0.264 e. The minimum absolute atomic E-state index is 0.198. The van der Waals surface area contributed by atoms with Crippen LogP contribution >= 0.6 is 11.8 Å². The average Bonchev–Trinajstić information content (AvgIpc) is 3.33. The van der Waals surface area contributed by atoms with Gasteiger partial charge in [0, 0.05) is 17.1 Å². The van der Waals surface area contributed by atoms with Crippen LogP contribution in [0.2, 0.25) is 0 Å². The molecule has 0 bridgehead atoms. The monoisotopic (exact) mass is 467 g/mol. The summed E-state index contributed by atoms with van der Waals surface area (Å²) in [7, 11) is 0. The predicted molar refractivity (Wildman–Crippen MR) is 138 cm³/mol. The zero-order chi connectivity index (χ0) is 23.7. The molecule has 1 saturated heterocycles. The number of halogens is 1. The third-order valence-electron chi connectivity index (χ3n) is 5.71. The number of carbonyl (C=O) groups excluding carboxylic acids is 1. The average molecular weight is 468 g/mol. The second kappa shape index (κ2) is 9.15. The van der Waals surface area contributed by atoms with Gasteiger partial charge in [-0.05, 0) is 78.7 Å². The first-order chi connectivity index (χ1) is 16.5. The van der Waals surface area contributed by atoms with E-state index in [0.29, 0.717) is 10.1 Å². The Hall–Kier alpha value is -3.90. The van der Waals surface area contributed by atoms with Gasteiger partial charge >= 0.3 is 0 Å². The van der Waals surface area contributed by atoms with E-state index in [1.807, 2.05) is 38.1 Å². The highest BCUT2D eigenvalue weighted by Crippen LogP contribution is 2.31. The Balaban J connectivity index is 1.42. The molecule has 2 heterocycles. The fourth-order valence-corrected chi connectivity index (χ4v) is 4.86. The number of amidine groups is 1. The lowest BCUT2D eigenvalue weighted by atomic mass is 10.1. The van der Waals surface area contributed by atoms with E-state index in [-0.39, 0.29) is 11.6 Å². The van der Waals surface area contributed by atoms with Crippen molar-refractivity contribution in [2.45, 2.75) is 13.8 Å². The molecule has 0 radical (unpaired) electrons. The molecule has 1 aromatic heterocycles. The Bertz CT molecular complexity index is 1440. The van der Waals surface area contributed by atoms with Gasteiger partial charge in [0.05, 0.1) is 4.91 Å². The van der Waals surface area contributed by atoms with Crippen LogP contribution in [0, 0.1) is 19.7 Å². The largest absolute Gasteiger partial charge is 0.318 e. The highest BCUT2D eigenvalue weighted by molar-refractivity contribution is 8.18. The van der Waals surface area contributed by atoms with E-state index >= 15 is 0 Å². The maximum absolute atomic E-state index is 13.9. The standard InChI is InChI=1S/C28H22FN3OS/c1-18-16-22(17-26-27(33)31-28(34-26)30-25-11-7-6-10-24(25)29)19(2)32(18)23-14-12-21(13-15-23)20-8-4-3-5-9-20/h3-17H,1-2H3,(H,30,31,33)/b26-17-. The lowest BCUT2D eigenvalue weighted by Crippen LogP contribution is -2.19. The van der Waals surface area contributed by atoms with Crippen molar-refractivity contribution in [2.24, 2.45) is 4.99 Å². The smallest absolute Gasteiger partial charge is 0.264 e. The SMILES string of the molecule is Cc1cc(/C=C2\SC(=Nc3ccccc3F)NC2=O)c(C)n1-c1ccc(-c2ccccc2)cc1. The topological polar surface area (TPSA) is 46.4 Å². The molecule has 168 valence electrons. The van der Waals surface area contributed by atoms with Gasteiger partial charge in [-0.3, -0.25) is 4.79 Å². The first-order valence-electron chi connectivity index (χ1n) is 10.9. The second-order valence-corrected chi connectivity index (χ2v) is 9.04. The van der Waals surface area contributed by atoms with Crippen molar-refractivity contribution in [3.05, 3.63) is 113 Å². The van der Waals surface area contributed by atoms with Crippen LogP contribution < -0.4 is 5.32 Å². The fourth-order valence-electron chi connectivity index (χ4n) is 4.04. The number of aliphatic imine (C=N–C) groups is 1. The van der Waals surface area contributed by atoms with Crippen LogP contribution in [0.25, 0.3) is 22.9 Å². The van der Waals surface area contributed by atoms with E-state index in [0.717, 1.165) is 28.2 Å². The number of thioether (sulfide) groups is 1. The summed E-state index contributed by atoms with van der Waals surface area (Å²) in [6.45, 7) is 4.09. The Labute approximate surface area is 201 Å². The fraction of sp³-hybridized carbons (Fsp3) is 0.0714. The summed E-state index contributed by atoms with van der Waals surface area (Å²) in [6.07, 6.45) is 1.86. The summed E-state index contributed by atoms with van der Waals surface area (Å²) >= 11 is 1.21. The third kappa shape index (κ3) is 4.32. The highest BCUT2D eigenvalue weighted by atomic mass is 32.2. The van der Waals surface area contributed by atoms with E-state index in [1.54, 1.807) is 18.2 Å². The first-order valence-corrected chi connectivity index (χ1v) is 11.7. The van der Waals surface area contributed by atoms with Gasteiger partial charge in [0.25, 0.3) is 5.91 Å². The van der Waals surface area contributed by atoms with Gasteiger partial charge in [-0.2, -0.15) is 0 Å². The molecule has 1 amide bonds. The van der Waals surface area contributed by atoms with Crippen LogP contribution in [0.15, 0.2) is 94.8 Å². The van der Waals surface area contributed by atoms with E-state index in [4.69, 9.17) is 0 Å². The second-order valence-electron chi connectivity index (χ2n) is 8.01. The van der Waals surface area contributed by atoms with Crippen molar-refractivity contribution in [1.82, 2.24) is 9.88 Å². The summed E-state index contributed by atoms with van der Waals surface area (Å²) in [6, 6.07) is 27.0. The number of benzene rings is 3. The molecule has 6 heteroatoms. The molecule has 1 N–H and O–H groups in total. The van der Waals surface area contributed by atoms with Crippen LogP contribution in [-0.2, 0) is 4.79 Å². The molecule has 0 unspecified atom stereocenters. The number of rotatable bonds is 4. The molecule has 1 aliphatic heterocycles. The predicted octanol–water partition coefficient (Wildman–Crippen LogP) is 6.79. The quantitative estimate of drug-likeness (QED) is 0.336. The number of para-hydroxylation sites is 1. The van der Waals surface area contributed by atoms with Gasteiger partial charge in [0.2, 0.25) is 0 Å². The Morgan fingerprint density at radius 1 is 0.912 bits per heavy atom. The number of amides is 1. The lowest BCUT2D eigenvalue weighted by molar-refractivity contribution is -0.115. The van der Waals surface area contributed by atoms with Crippen molar-refractivity contribution in [3.8, 4) is 16.8 Å². The number of nitrogens with one attached hydrogen (secondary N) is 1. The highest BCUT2D eigenvalue weighted by Gasteiger charge is 2.25. The van der Waals surface area contributed by atoms with E-state index in [1.165, 1.54) is 23.4 Å². The number of hydrogen-bond donors (Lipinski definition) is 1. The zero-order valence-electron chi connectivity index (χ0n) is 18.7. The van der Waals surface area contributed by atoms with Crippen LogP contribution in [0.3, 0.4) is 0 Å². The van der Waals surface area contributed by atoms with Gasteiger partial charge in [-0.1, -0.05) is 54.6 Å². The van der Waals surface area contributed by atoms with Crippen molar-refractivity contribution in [2.75, 3.05) is 0 Å². The molecule has 1 fully saturated rings. The van der Waals surface area contributed by atoms with Crippen molar-refractivity contribution >= 4 is 34.6 Å². The minimum atomic E-state index is -0.427. The Morgan fingerprint density at radius 3 is 2.32 bits per heavy atom. The summed E-state index contributed by atoms with van der Waals surface area (Å²) in [5, 5.41) is 3.09.